The van der Waals surface area contributed by atoms with Crippen LogP contribution in [-0.2, 0) is 22.7 Å². The summed E-state index contributed by atoms with van der Waals surface area (Å²) in [6.45, 7) is -0.0427. The molecule has 2 aromatic rings. The predicted octanol–water partition coefficient (Wildman–Crippen LogP) is 3.54. The highest BCUT2D eigenvalue weighted by atomic mass is 32.2. The fourth-order valence-corrected chi connectivity index (χ4v) is 3.54. The van der Waals surface area contributed by atoms with Crippen LogP contribution in [0.15, 0.2) is 47.4 Å². The fraction of sp³-hybridized carbons (Fsp3) is 0.294. The van der Waals surface area contributed by atoms with Gasteiger partial charge >= 0.3 is 6.18 Å². The van der Waals surface area contributed by atoms with E-state index >= 15 is 0 Å². The number of sulfonamides is 1. The van der Waals surface area contributed by atoms with Crippen LogP contribution in [0.3, 0.4) is 0 Å². The van der Waals surface area contributed by atoms with Crippen LogP contribution >= 0.6 is 0 Å². The van der Waals surface area contributed by atoms with Gasteiger partial charge < -0.3 is 9.47 Å². The lowest BCUT2D eigenvalue weighted by Gasteiger charge is -2.19. The molecule has 0 radical (unpaired) electrons. The van der Waals surface area contributed by atoms with Crippen molar-refractivity contribution in [1.82, 2.24) is 4.31 Å². The molecule has 0 aliphatic rings. The zero-order valence-corrected chi connectivity index (χ0v) is 15.2. The van der Waals surface area contributed by atoms with E-state index in [0.717, 1.165) is 22.5 Å². The number of nitrogens with zero attached hydrogens (tertiary/aromatic N) is 1. The Labute approximate surface area is 150 Å². The molecule has 0 aliphatic carbocycles. The highest BCUT2D eigenvalue weighted by Crippen LogP contribution is 2.32. The quantitative estimate of drug-likeness (QED) is 0.758. The van der Waals surface area contributed by atoms with Crippen molar-refractivity contribution in [2.75, 3.05) is 21.3 Å². The molecule has 2 rings (SSSR count). The second kappa shape index (κ2) is 7.55. The van der Waals surface area contributed by atoms with Crippen molar-refractivity contribution in [2.24, 2.45) is 0 Å². The summed E-state index contributed by atoms with van der Waals surface area (Å²) in [5.41, 5.74) is -0.418. The van der Waals surface area contributed by atoms with Crippen LogP contribution in [0.25, 0.3) is 0 Å². The van der Waals surface area contributed by atoms with Gasteiger partial charge in [-0.15, -0.1) is 0 Å². The van der Waals surface area contributed by atoms with Crippen LogP contribution in [0.1, 0.15) is 11.1 Å². The maximum atomic E-state index is 12.8. The van der Waals surface area contributed by atoms with Gasteiger partial charge in [-0.25, -0.2) is 8.42 Å². The van der Waals surface area contributed by atoms with E-state index in [1.165, 1.54) is 21.3 Å². The van der Waals surface area contributed by atoms with E-state index < -0.39 is 26.7 Å². The van der Waals surface area contributed by atoms with Crippen molar-refractivity contribution in [2.45, 2.75) is 17.6 Å². The molecule has 0 heterocycles. The van der Waals surface area contributed by atoms with Crippen molar-refractivity contribution in [1.29, 1.82) is 0 Å². The first kappa shape index (κ1) is 20.1. The molecule has 0 N–H and O–H groups in total. The summed E-state index contributed by atoms with van der Waals surface area (Å²) in [6, 6.07) is 8.54. The Morgan fingerprint density at radius 1 is 1.00 bits per heavy atom. The average Bonchev–Trinajstić information content (AvgIpc) is 2.60. The van der Waals surface area contributed by atoms with Crippen LogP contribution in [0.5, 0.6) is 11.5 Å². The van der Waals surface area contributed by atoms with Gasteiger partial charge in [0.15, 0.2) is 11.5 Å². The van der Waals surface area contributed by atoms with E-state index in [9.17, 15) is 21.6 Å². The minimum atomic E-state index is -4.62. The Balaban J connectivity index is 2.30. The molecule has 0 aromatic heterocycles. The first-order valence-electron chi connectivity index (χ1n) is 7.44. The topological polar surface area (TPSA) is 55.8 Å². The van der Waals surface area contributed by atoms with Gasteiger partial charge in [0.25, 0.3) is 0 Å². The zero-order chi connectivity index (χ0) is 19.5. The maximum Gasteiger partial charge on any atom is 0.416 e. The molecule has 9 heteroatoms. The Bertz CT molecular complexity index is 882. The van der Waals surface area contributed by atoms with Crippen LogP contribution in [0.4, 0.5) is 13.2 Å². The lowest BCUT2D eigenvalue weighted by Crippen LogP contribution is -2.26. The Morgan fingerprint density at radius 2 is 1.65 bits per heavy atom. The van der Waals surface area contributed by atoms with Gasteiger partial charge in [0.2, 0.25) is 10.0 Å². The molecule has 0 fully saturated rings. The molecule has 0 bridgehead atoms. The number of rotatable bonds is 6. The van der Waals surface area contributed by atoms with Crippen molar-refractivity contribution in [3.8, 4) is 11.5 Å². The van der Waals surface area contributed by atoms with Crippen LogP contribution in [-0.4, -0.2) is 34.0 Å². The lowest BCUT2D eigenvalue weighted by atomic mass is 10.2. The molecule has 2 aromatic carbocycles. The van der Waals surface area contributed by atoms with E-state index in [2.05, 4.69) is 0 Å². The number of halogens is 3. The lowest BCUT2D eigenvalue weighted by molar-refractivity contribution is -0.137. The number of hydrogen-bond acceptors (Lipinski definition) is 4. The second-order valence-electron chi connectivity index (χ2n) is 5.48. The normalized spacial score (nSPS) is 12.3. The molecule has 0 saturated heterocycles. The minimum absolute atomic E-state index is 0.0427. The molecule has 0 aliphatic heterocycles. The third-order valence-corrected chi connectivity index (χ3v) is 5.52. The first-order valence-corrected chi connectivity index (χ1v) is 8.88. The molecular weight excluding hydrogens is 371 g/mol. The summed E-state index contributed by atoms with van der Waals surface area (Å²) in [5, 5.41) is 0. The van der Waals surface area contributed by atoms with Gasteiger partial charge in [-0.1, -0.05) is 12.1 Å². The molecule has 0 saturated carbocycles. The predicted molar refractivity (Wildman–Crippen MR) is 89.6 cm³/mol. The maximum absolute atomic E-state index is 12.8. The van der Waals surface area contributed by atoms with Gasteiger partial charge in [-0.3, -0.25) is 0 Å². The number of benzene rings is 2. The van der Waals surface area contributed by atoms with E-state index in [1.54, 1.807) is 18.2 Å². The largest absolute Gasteiger partial charge is 0.493 e. The van der Waals surface area contributed by atoms with E-state index in [1.807, 2.05) is 0 Å². The summed E-state index contributed by atoms with van der Waals surface area (Å²) in [6.07, 6.45) is -4.62. The average molecular weight is 389 g/mol. The summed E-state index contributed by atoms with van der Waals surface area (Å²) in [7, 11) is 0.127. The molecule has 5 nitrogen and oxygen atoms in total. The highest BCUT2D eigenvalue weighted by molar-refractivity contribution is 7.89. The molecule has 0 atom stereocenters. The third kappa shape index (κ3) is 4.28. The number of ether oxygens (including phenoxy) is 2. The fourth-order valence-electron chi connectivity index (χ4n) is 2.33. The van der Waals surface area contributed by atoms with E-state index in [4.69, 9.17) is 9.47 Å². The van der Waals surface area contributed by atoms with Crippen molar-refractivity contribution >= 4 is 10.0 Å². The van der Waals surface area contributed by atoms with Crippen molar-refractivity contribution in [3.05, 3.63) is 53.6 Å². The van der Waals surface area contributed by atoms with Crippen molar-refractivity contribution in [3.63, 3.8) is 0 Å². The summed E-state index contributed by atoms with van der Waals surface area (Å²) < 4.78 is 74.9. The molecule has 142 valence electrons. The molecule has 0 spiro atoms. The van der Waals surface area contributed by atoms with Crippen LogP contribution in [0.2, 0.25) is 0 Å². The van der Waals surface area contributed by atoms with Crippen LogP contribution in [0, 0.1) is 0 Å². The summed E-state index contributed by atoms with van der Waals surface area (Å²) in [4.78, 5) is -0.421. The standard InChI is InChI=1S/C17H18F3NO4S/c1-21(11-12-7-8-15(24-2)16(9-12)25-3)26(22,23)14-6-4-5-13(10-14)17(18,19)20/h4-10H,11H2,1-3H3. The Morgan fingerprint density at radius 3 is 2.23 bits per heavy atom. The van der Waals surface area contributed by atoms with Gasteiger partial charge in [-0.05, 0) is 35.9 Å². The Kier molecular flexibility index (Phi) is 5.82. The van der Waals surface area contributed by atoms with Gasteiger partial charge in [0.05, 0.1) is 24.7 Å². The zero-order valence-electron chi connectivity index (χ0n) is 14.4. The SMILES string of the molecule is COc1ccc(CN(C)S(=O)(=O)c2cccc(C(F)(F)F)c2)cc1OC. The number of methoxy groups -OCH3 is 2. The summed E-state index contributed by atoms with van der Waals surface area (Å²) >= 11 is 0. The molecule has 0 unspecified atom stereocenters. The highest BCUT2D eigenvalue weighted by Gasteiger charge is 2.32. The Hall–Kier alpha value is -2.26. The smallest absolute Gasteiger partial charge is 0.416 e. The first-order chi connectivity index (χ1) is 12.1. The van der Waals surface area contributed by atoms with Gasteiger partial charge in [0, 0.05) is 13.6 Å². The van der Waals surface area contributed by atoms with Gasteiger partial charge in [0.1, 0.15) is 0 Å². The van der Waals surface area contributed by atoms with Gasteiger partial charge in [-0.2, -0.15) is 17.5 Å². The molecule has 26 heavy (non-hydrogen) atoms. The molecule has 0 amide bonds. The van der Waals surface area contributed by atoms with E-state index in [0.29, 0.717) is 23.1 Å². The van der Waals surface area contributed by atoms with Crippen molar-refractivity contribution < 1.29 is 31.1 Å². The third-order valence-electron chi connectivity index (χ3n) is 3.72. The monoisotopic (exact) mass is 389 g/mol. The minimum Gasteiger partial charge on any atom is -0.493 e. The van der Waals surface area contributed by atoms with E-state index in [-0.39, 0.29) is 6.54 Å². The number of hydrogen-bond donors (Lipinski definition) is 0. The molecular formula is C17H18F3NO4S. The second-order valence-corrected chi connectivity index (χ2v) is 7.52. The number of alkyl halides is 3. The van der Waals surface area contributed by atoms with Crippen LogP contribution < -0.4 is 9.47 Å². The summed E-state index contributed by atoms with van der Waals surface area (Å²) in [5.74, 6) is 0.912.